The Bertz CT molecular complexity index is 147. The highest BCUT2D eigenvalue weighted by molar-refractivity contribution is 4.93. The second kappa shape index (κ2) is 3.62. The lowest BCUT2D eigenvalue weighted by Crippen LogP contribution is -2.35. The van der Waals surface area contributed by atoms with Gasteiger partial charge in [0.25, 0.3) is 0 Å². The van der Waals surface area contributed by atoms with Crippen LogP contribution in [0.3, 0.4) is 0 Å². The summed E-state index contributed by atoms with van der Waals surface area (Å²) in [6.45, 7) is 3.94. The van der Waals surface area contributed by atoms with E-state index < -0.39 is 0 Å². The van der Waals surface area contributed by atoms with Crippen LogP contribution in [0.5, 0.6) is 0 Å². The Kier molecular flexibility index (Phi) is 2.76. The summed E-state index contributed by atoms with van der Waals surface area (Å²) in [5.41, 5.74) is 0. The molecule has 0 bridgehead atoms. The van der Waals surface area contributed by atoms with Gasteiger partial charge in [-0.1, -0.05) is 0 Å². The zero-order chi connectivity index (χ0) is 8.27. The Balaban J connectivity index is 2.31. The largest absolute Gasteiger partial charge is 0.383 e. The average molecular weight is 156 g/mol. The quantitative estimate of drug-likeness (QED) is 0.598. The predicted molar refractivity (Wildman–Crippen MR) is 44.9 cm³/mol. The third-order valence-corrected chi connectivity index (χ3v) is 2.12. The van der Waals surface area contributed by atoms with E-state index in [1.807, 2.05) is 0 Å². The van der Waals surface area contributed by atoms with E-state index >= 15 is 0 Å². The van der Waals surface area contributed by atoms with Crippen molar-refractivity contribution in [3.8, 4) is 0 Å². The second-order valence-electron chi connectivity index (χ2n) is 2.83. The van der Waals surface area contributed by atoms with Gasteiger partial charge in [-0.3, -0.25) is 0 Å². The zero-order valence-electron chi connectivity index (χ0n) is 7.45. The molecule has 1 atom stereocenters. The molecule has 1 unspecified atom stereocenters. The monoisotopic (exact) mass is 156 g/mol. The van der Waals surface area contributed by atoms with Crippen LogP contribution in [-0.2, 0) is 4.74 Å². The maximum Gasteiger partial charge on any atom is 0.0975 e. The molecule has 0 amide bonds. The number of methoxy groups -OCH3 is 1. The van der Waals surface area contributed by atoms with Gasteiger partial charge in [0.05, 0.1) is 12.8 Å². The van der Waals surface area contributed by atoms with Crippen LogP contribution in [0.4, 0.5) is 0 Å². The van der Waals surface area contributed by atoms with Crippen LogP contribution in [0.15, 0.2) is 12.4 Å². The van der Waals surface area contributed by atoms with Crippen LogP contribution < -0.4 is 0 Å². The molecule has 0 saturated heterocycles. The number of nitrogens with zero attached hydrogens (tertiary/aromatic N) is 2. The fourth-order valence-electron chi connectivity index (χ4n) is 1.13. The van der Waals surface area contributed by atoms with Gasteiger partial charge in [-0.05, 0) is 6.92 Å². The molecule has 3 nitrogen and oxygen atoms in total. The van der Waals surface area contributed by atoms with Gasteiger partial charge in [-0.25, -0.2) is 0 Å². The van der Waals surface area contributed by atoms with E-state index in [2.05, 4.69) is 36.2 Å². The molecule has 0 saturated carbocycles. The Morgan fingerprint density at radius 1 is 1.45 bits per heavy atom. The molecular formula is C8H16N2O. The lowest BCUT2D eigenvalue weighted by molar-refractivity contribution is 0.129. The van der Waals surface area contributed by atoms with Gasteiger partial charge >= 0.3 is 0 Å². The van der Waals surface area contributed by atoms with Crippen molar-refractivity contribution >= 4 is 0 Å². The van der Waals surface area contributed by atoms with Crippen molar-refractivity contribution in [2.45, 2.75) is 13.1 Å². The van der Waals surface area contributed by atoms with E-state index in [1.165, 1.54) is 0 Å². The summed E-state index contributed by atoms with van der Waals surface area (Å²) in [4.78, 5) is 4.43. The number of hydrogen-bond acceptors (Lipinski definition) is 3. The molecule has 0 N–H and O–H groups in total. The van der Waals surface area contributed by atoms with E-state index in [0.717, 1.165) is 13.2 Å². The molecule has 0 radical (unpaired) electrons. The molecule has 0 aromatic heterocycles. The molecule has 11 heavy (non-hydrogen) atoms. The average Bonchev–Trinajstić information content (AvgIpc) is 2.31. The lowest BCUT2D eigenvalue weighted by atomic mass is 10.4. The number of rotatable bonds is 3. The molecule has 1 aliphatic heterocycles. The smallest absolute Gasteiger partial charge is 0.0975 e. The van der Waals surface area contributed by atoms with Crippen molar-refractivity contribution in [3.63, 3.8) is 0 Å². The SMILES string of the molecule is COCCN1C=CN(C)C1C. The summed E-state index contributed by atoms with van der Waals surface area (Å²) in [5.74, 6) is 0. The number of hydrogen-bond donors (Lipinski definition) is 0. The minimum absolute atomic E-state index is 0.477. The van der Waals surface area contributed by atoms with Crippen LogP contribution in [0.25, 0.3) is 0 Å². The van der Waals surface area contributed by atoms with Crippen LogP contribution >= 0.6 is 0 Å². The second-order valence-corrected chi connectivity index (χ2v) is 2.83. The molecule has 0 aromatic rings. The molecule has 0 aromatic carbocycles. The molecule has 1 rings (SSSR count). The van der Waals surface area contributed by atoms with Gasteiger partial charge in [0.15, 0.2) is 0 Å². The third kappa shape index (κ3) is 1.87. The molecule has 0 aliphatic carbocycles. The first kappa shape index (κ1) is 8.40. The Morgan fingerprint density at radius 3 is 2.64 bits per heavy atom. The van der Waals surface area contributed by atoms with Crippen LogP contribution in [0, 0.1) is 0 Å². The third-order valence-electron chi connectivity index (χ3n) is 2.12. The standard InChI is InChI=1S/C8H16N2O/c1-8-9(2)4-5-10(8)6-7-11-3/h4-5,8H,6-7H2,1-3H3. The molecule has 1 heterocycles. The minimum Gasteiger partial charge on any atom is -0.383 e. The summed E-state index contributed by atoms with van der Waals surface area (Å²) in [6.07, 6.45) is 4.66. The minimum atomic E-state index is 0.477. The van der Waals surface area contributed by atoms with Crippen LogP contribution in [-0.4, -0.2) is 43.3 Å². The highest BCUT2D eigenvalue weighted by Gasteiger charge is 2.17. The van der Waals surface area contributed by atoms with Crippen LogP contribution in [0.1, 0.15) is 6.92 Å². The fraction of sp³-hybridized carbons (Fsp3) is 0.750. The normalized spacial score (nSPS) is 23.4. The molecule has 0 fully saturated rings. The van der Waals surface area contributed by atoms with E-state index in [1.54, 1.807) is 7.11 Å². The van der Waals surface area contributed by atoms with E-state index in [4.69, 9.17) is 4.74 Å². The summed E-state index contributed by atoms with van der Waals surface area (Å²) in [7, 11) is 3.81. The Labute approximate surface area is 68.2 Å². The summed E-state index contributed by atoms with van der Waals surface area (Å²) < 4.78 is 4.99. The maximum atomic E-state index is 4.99. The first-order chi connectivity index (χ1) is 5.25. The van der Waals surface area contributed by atoms with Gasteiger partial charge in [0, 0.05) is 33.1 Å². The van der Waals surface area contributed by atoms with E-state index in [9.17, 15) is 0 Å². The van der Waals surface area contributed by atoms with E-state index in [-0.39, 0.29) is 0 Å². The molecule has 64 valence electrons. The molecular weight excluding hydrogens is 140 g/mol. The summed E-state index contributed by atoms with van der Waals surface area (Å²) >= 11 is 0. The Hall–Kier alpha value is -0.700. The molecule has 3 heteroatoms. The van der Waals surface area contributed by atoms with Gasteiger partial charge in [-0.2, -0.15) is 0 Å². The first-order valence-electron chi connectivity index (χ1n) is 3.90. The zero-order valence-corrected chi connectivity index (χ0v) is 7.45. The summed E-state index contributed by atoms with van der Waals surface area (Å²) in [6, 6.07) is 0. The van der Waals surface area contributed by atoms with Crippen molar-refractivity contribution in [1.29, 1.82) is 0 Å². The van der Waals surface area contributed by atoms with Crippen molar-refractivity contribution in [2.75, 3.05) is 27.3 Å². The Morgan fingerprint density at radius 2 is 2.18 bits per heavy atom. The number of ether oxygens (including phenoxy) is 1. The van der Waals surface area contributed by atoms with E-state index in [0.29, 0.717) is 6.17 Å². The van der Waals surface area contributed by atoms with Crippen LogP contribution in [0.2, 0.25) is 0 Å². The fourth-order valence-corrected chi connectivity index (χ4v) is 1.13. The molecule has 1 aliphatic rings. The van der Waals surface area contributed by atoms with Gasteiger partial charge in [0.1, 0.15) is 0 Å². The molecule has 0 spiro atoms. The predicted octanol–water partition coefficient (Wildman–Crippen LogP) is 0.697. The highest BCUT2D eigenvalue weighted by atomic mass is 16.5. The highest BCUT2D eigenvalue weighted by Crippen LogP contribution is 2.11. The summed E-state index contributed by atoms with van der Waals surface area (Å²) in [5, 5.41) is 0. The van der Waals surface area contributed by atoms with Gasteiger partial charge in [0.2, 0.25) is 0 Å². The lowest BCUT2D eigenvalue weighted by Gasteiger charge is -2.26. The van der Waals surface area contributed by atoms with Gasteiger partial charge < -0.3 is 14.5 Å². The topological polar surface area (TPSA) is 15.7 Å². The first-order valence-corrected chi connectivity index (χ1v) is 3.90. The maximum absolute atomic E-state index is 4.99. The van der Waals surface area contributed by atoms with Gasteiger partial charge in [-0.15, -0.1) is 0 Å². The van der Waals surface area contributed by atoms with Crippen molar-refractivity contribution < 1.29 is 4.74 Å². The van der Waals surface area contributed by atoms with Crippen molar-refractivity contribution in [2.24, 2.45) is 0 Å². The van der Waals surface area contributed by atoms with Crippen molar-refractivity contribution in [3.05, 3.63) is 12.4 Å². The van der Waals surface area contributed by atoms with Crippen molar-refractivity contribution in [1.82, 2.24) is 9.80 Å².